The lowest BCUT2D eigenvalue weighted by molar-refractivity contribution is -0.125. The summed E-state index contributed by atoms with van der Waals surface area (Å²) in [6, 6.07) is 0. The normalized spacial score (nSPS) is 27.4. The first-order valence-electron chi connectivity index (χ1n) is 6.57. The number of nitrogens with zero attached hydrogens (tertiary/aromatic N) is 2. The first-order valence-corrected chi connectivity index (χ1v) is 8.23. The smallest absolute Gasteiger partial charge is 0.237 e. The average molecular weight is 300 g/mol. The lowest BCUT2D eigenvalue weighted by Gasteiger charge is -2.38. The highest BCUT2D eigenvalue weighted by atomic mass is 32.2. The molecule has 0 saturated heterocycles. The Bertz CT molecular complexity index is 447. The van der Waals surface area contributed by atoms with Crippen LogP contribution in [0.15, 0.2) is 4.34 Å². The zero-order valence-electron chi connectivity index (χ0n) is 11.3. The number of likely N-dealkylation sites (N-methyl/N-ethyl adjacent to an activating group) is 1. The molecule has 1 saturated carbocycles. The minimum absolute atomic E-state index is 0.229. The number of aryl methyl sites for hydroxylation is 1. The van der Waals surface area contributed by atoms with Crippen LogP contribution in [-0.2, 0) is 4.79 Å². The van der Waals surface area contributed by atoms with Crippen LogP contribution >= 0.6 is 23.3 Å². The van der Waals surface area contributed by atoms with E-state index >= 15 is 0 Å². The summed E-state index contributed by atoms with van der Waals surface area (Å²) in [4.78, 5) is 16.2. The summed E-state index contributed by atoms with van der Waals surface area (Å²) in [5.41, 5.74) is 5.07. The molecule has 3 N–H and O–H groups in total. The maximum Gasteiger partial charge on any atom is 0.237 e. The fourth-order valence-corrected chi connectivity index (χ4v) is 4.84. The van der Waals surface area contributed by atoms with E-state index in [9.17, 15) is 4.79 Å². The van der Waals surface area contributed by atoms with E-state index in [1.807, 2.05) is 13.8 Å². The van der Waals surface area contributed by atoms with Gasteiger partial charge >= 0.3 is 0 Å². The van der Waals surface area contributed by atoms with Gasteiger partial charge in [0.2, 0.25) is 5.91 Å². The molecule has 1 aromatic heterocycles. The number of hydrogen-bond acceptors (Lipinski definition) is 6. The van der Waals surface area contributed by atoms with Crippen molar-refractivity contribution in [1.29, 1.82) is 0 Å². The van der Waals surface area contributed by atoms with Gasteiger partial charge in [-0.3, -0.25) is 4.79 Å². The number of aromatic nitrogens is 2. The second-order valence-electron chi connectivity index (χ2n) is 4.92. The van der Waals surface area contributed by atoms with Gasteiger partial charge in [0.15, 0.2) is 4.34 Å². The standard InChI is InChI=1S/C12H20N4OS2/c1-3-14-12(10(13)17)6-4-5-9(7-12)18-11-15-8(2)16-19-11/h9,14H,3-7H2,1-2H3,(H2,13,17). The number of primary amides is 1. The summed E-state index contributed by atoms with van der Waals surface area (Å²) in [6.07, 6.45) is 3.73. The number of carbonyl (C=O) groups is 1. The predicted molar refractivity (Wildman–Crippen MR) is 78.4 cm³/mol. The van der Waals surface area contributed by atoms with Crippen LogP contribution in [0.1, 0.15) is 38.4 Å². The van der Waals surface area contributed by atoms with Gasteiger partial charge in [-0.05, 0) is 50.7 Å². The van der Waals surface area contributed by atoms with Crippen LogP contribution in [0.4, 0.5) is 0 Å². The van der Waals surface area contributed by atoms with E-state index in [2.05, 4.69) is 14.7 Å². The van der Waals surface area contributed by atoms with Gasteiger partial charge in [0.25, 0.3) is 0 Å². The minimum Gasteiger partial charge on any atom is -0.368 e. The third-order valence-corrected chi connectivity index (χ3v) is 5.61. The molecule has 2 atom stereocenters. The van der Waals surface area contributed by atoms with Crippen LogP contribution in [0.2, 0.25) is 0 Å². The second-order valence-corrected chi connectivity index (χ2v) is 7.22. The fraction of sp³-hybridized carbons (Fsp3) is 0.750. The number of thioether (sulfide) groups is 1. The SMILES string of the molecule is CCNC1(C(N)=O)CCCC(Sc2nc(C)ns2)C1. The van der Waals surface area contributed by atoms with Gasteiger partial charge in [-0.25, -0.2) is 4.98 Å². The van der Waals surface area contributed by atoms with Gasteiger partial charge in [-0.1, -0.05) is 18.7 Å². The summed E-state index contributed by atoms with van der Waals surface area (Å²) in [7, 11) is 0. The van der Waals surface area contributed by atoms with Crippen molar-refractivity contribution in [3.8, 4) is 0 Å². The molecule has 0 aromatic carbocycles. The van der Waals surface area contributed by atoms with Crippen molar-refractivity contribution in [2.24, 2.45) is 5.73 Å². The Morgan fingerprint density at radius 1 is 1.68 bits per heavy atom. The summed E-state index contributed by atoms with van der Waals surface area (Å²) in [5, 5.41) is 3.68. The van der Waals surface area contributed by atoms with Crippen molar-refractivity contribution in [1.82, 2.24) is 14.7 Å². The number of nitrogens with two attached hydrogens (primary N) is 1. The van der Waals surface area contributed by atoms with E-state index in [4.69, 9.17) is 5.73 Å². The molecule has 1 aliphatic carbocycles. The lowest BCUT2D eigenvalue weighted by atomic mass is 9.80. The van der Waals surface area contributed by atoms with Gasteiger partial charge in [0.05, 0.1) is 5.54 Å². The number of nitrogens with one attached hydrogen (secondary N) is 1. The van der Waals surface area contributed by atoms with E-state index in [0.29, 0.717) is 5.25 Å². The van der Waals surface area contributed by atoms with E-state index in [1.165, 1.54) is 11.5 Å². The molecule has 2 rings (SSSR count). The van der Waals surface area contributed by atoms with Crippen LogP contribution < -0.4 is 11.1 Å². The quantitative estimate of drug-likeness (QED) is 0.865. The Morgan fingerprint density at radius 2 is 2.47 bits per heavy atom. The largest absolute Gasteiger partial charge is 0.368 e. The van der Waals surface area contributed by atoms with Crippen LogP contribution in [0, 0.1) is 6.92 Å². The molecule has 0 radical (unpaired) electrons. The first kappa shape index (κ1) is 14.7. The zero-order chi connectivity index (χ0) is 13.9. The third kappa shape index (κ3) is 3.46. The van der Waals surface area contributed by atoms with Crippen molar-refractivity contribution in [2.75, 3.05) is 6.54 Å². The van der Waals surface area contributed by atoms with E-state index in [-0.39, 0.29) is 5.91 Å². The molecular weight excluding hydrogens is 280 g/mol. The highest BCUT2D eigenvalue weighted by Gasteiger charge is 2.41. The van der Waals surface area contributed by atoms with Gasteiger partial charge in [-0.15, -0.1) is 0 Å². The minimum atomic E-state index is -0.537. The molecule has 1 amide bonds. The number of hydrogen-bond donors (Lipinski definition) is 2. The van der Waals surface area contributed by atoms with E-state index in [1.54, 1.807) is 11.8 Å². The number of amides is 1. The van der Waals surface area contributed by atoms with E-state index in [0.717, 1.165) is 42.4 Å². The van der Waals surface area contributed by atoms with Crippen LogP contribution in [-0.4, -0.2) is 32.6 Å². The second kappa shape index (κ2) is 6.19. The topological polar surface area (TPSA) is 80.9 Å². The van der Waals surface area contributed by atoms with Crippen molar-refractivity contribution < 1.29 is 4.79 Å². The Balaban J connectivity index is 2.05. The van der Waals surface area contributed by atoms with E-state index < -0.39 is 5.54 Å². The molecule has 1 aliphatic rings. The first-order chi connectivity index (χ1) is 9.05. The van der Waals surface area contributed by atoms with Gasteiger partial charge < -0.3 is 11.1 Å². The monoisotopic (exact) mass is 300 g/mol. The third-order valence-electron chi connectivity index (χ3n) is 3.47. The highest BCUT2D eigenvalue weighted by molar-refractivity contribution is 8.01. The maximum atomic E-state index is 11.8. The maximum absolute atomic E-state index is 11.8. The molecule has 0 bridgehead atoms. The van der Waals surface area contributed by atoms with Crippen molar-refractivity contribution in [3.05, 3.63) is 5.82 Å². The van der Waals surface area contributed by atoms with Crippen LogP contribution in [0.25, 0.3) is 0 Å². The van der Waals surface area contributed by atoms with Gasteiger partial charge in [0, 0.05) is 5.25 Å². The lowest BCUT2D eigenvalue weighted by Crippen LogP contribution is -2.58. The van der Waals surface area contributed by atoms with Crippen LogP contribution in [0.5, 0.6) is 0 Å². The molecule has 1 heterocycles. The molecule has 106 valence electrons. The molecular formula is C12H20N4OS2. The predicted octanol–water partition coefficient (Wildman–Crippen LogP) is 1.71. The fourth-order valence-electron chi connectivity index (χ4n) is 2.60. The van der Waals surface area contributed by atoms with Gasteiger partial charge in [0.1, 0.15) is 5.82 Å². The summed E-state index contributed by atoms with van der Waals surface area (Å²) < 4.78 is 5.18. The summed E-state index contributed by atoms with van der Waals surface area (Å²) in [5.74, 6) is 0.587. The average Bonchev–Trinajstić information content (AvgIpc) is 2.75. The van der Waals surface area contributed by atoms with Crippen LogP contribution in [0.3, 0.4) is 0 Å². The molecule has 0 spiro atoms. The molecule has 1 fully saturated rings. The molecule has 19 heavy (non-hydrogen) atoms. The molecule has 0 aliphatic heterocycles. The Labute approximate surface area is 121 Å². The Kier molecular flexibility index (Phi) is 4.81. The highest BCUT2D eigenvalue weighted by Crippen LogP contribution is 2.38. The molecule has 7 heteroatoms. The Morgan fingerprint density at radius 3 is 3.05 bits per heavy atom. The summed E-state index contributed by atoms with van der Waals surface area (Å²) >= 11 is 3.16. The summed E-state index contributed by atoms with van der Waals surface area (Å²) in [6.45, 7) is 4.67. The van der Waals surface area contributed by atoms with Gasteiger partial charge in [-0.2, -0.15) is 4.37 Å². The molecule has 2 unspecified atom stereocenters. The number of carbonyl (C=O) groups excluding carboxylic acids is 1. The molecule has 1 aromatic rings. The van der Waals surface area contributed by atoms with Crippen molar-refractivity contribution in [2.45, 2.75) is 54.7 Å². The zero-order valence-corrected chi connectivity index (χ0v) is 12.9. The Hall–Kier alpha value is -0.660. The van der Waals surface area contributed by atoms with Crippen molar-refractivity contribution >= 4 is 29.2 Å². The van der Waals surface area contributed by atoms with Crippen molar-refractivity contribution in [3.63, 3.8) is 0 Å². The number of rotatable bonds is 5. The molecule has 5 nitrogen and oxygen atoms in total.